The highest BCUT2D eigenvalue weighted by molar-refractivity contribution is 5.91. The zero-order valence-corrected chi connectivity index (χ0v) is 25.6. The van der Waals surface area contributed by atoms with Gasteiger partial charge >= 0.3 is 0 Å². The summed E-state index contributed by atoms with van der Waals surface area (Å²) in [5, 5.41) is 92.5. The third-order valence-electron chi connectivity index (χ3n) is 8.14. The van der Waals surface area contributed by atoms with E-state index < -0.39 is 84.9 Å². The number of aliphatic hydroxyl groups is 7. The predicted octanol–water partition coefficient (Wildman–Crippen LogP) is -0.235. The number of rotatable bonds is 8. The first-order valence-electron chi connectivity index (χ1n) is 14.8. The molecule has 9 N–H and O–H groups in total. The van der Waals surface area contributed by atoms with Gasteiger partial charge in [0.1, 0.15) is 70.9 Å². The Morgan fingerprint density at radius 3 is 2.09 bits per heavy atom. The summed E-state index contributed by atoms with van der Waals surface area (Å²) in [5.41, 5.74) is 0.138. The summed E-state index contributed by atoms with van der Waals surface area (Å²) in [5.74, 6) is -1.66. The van der Waals surface area contributed by atoms with Crippen LogP contribution >= 0.6 is 0 Å². The second-order valence-corrected chi connectivity index (χ2v) is 11.8. The number of phenolic OH excluding ortho intramolecular Hbond substituents is 2. The topological polar surface area (TPSA) is 249 Å². The molecule has 0 bridgehead atoms. The van der Waals surface area contributed by atoms with E-state index in [0.717, 1.165) is 11.6 Å². The summed E-state index contributed by atoms with van der Waals surface area (Å²) in [6.07, 6.45) is -13.9. The molecule has 2 saturated heterocycles. The van der Waals surface area contributed by atoms with Crippen molar-refractivity contribution >= 4 is 11.0 Å². The zero-order chi connectivity index (χ0) is 34.3. The SMILES string of the molecule is CC(C)=CCc1c(OC2OC(CO)C(O)C(O)C2O)cc(O)c2c(=O)c(OC3OC(C)C(O)C(O)C3O)c(-c3ccc(O)cc3)oc12. The van der Waals surface area contributed by atoms with Crippen LogP contribution in [0.2, 0.25) is 0 Å². The van der Waals surface area contributed by atoms with E-state index >= 15 is 0 Å². The largest absolute Gasteiger partial charge is 0.508 e. The van der Waals surface area contributed by atoms with E-state index in [4.69, 9.17) is 23.4 Å². The normalized spacial score (nSPS) is 31.0. The van der Waals surface area contributed by atoms with Crippen LogP contribution in [0, 0.1) is 0 Å². The van der Waals surface area contributed by atoms with Crippen molar-refractivity contribution in [2.45, 2.75) is 88.6 Å². The average Bonchev–Trinajstić information content (AvgIpc) is 3.03. The van der Waals surface area contributed by atoms with Gasteiger partial charge in [-0.15, -0.1) is 0 Å². The van der Waals surface area contributed by atoms with Gasteiger partial charge in [-0.1, -0.05) is 11.6 Å². The van der Waals surface area contributed by atoms with E-state index in [9.17, 15) is 50.8 Å². The molecule has 0 saturated carbocycles. The lowest BCUT2D eigenvalue weighted by molar-refractivity contribution is -0.277. The summed E-state index contributed by atoms with van der Waals surface area (Å²) >= 11 is 0. The van der Waals surface area contributed by atoms with Crippen molar-refractivity contribution in [3.8, 4) is 34.3 Å². The quantitative estimate of drug-likeness (QED) is 0.141. The molecule has 47 heavy (non-hydrogen) atoms. The van der Waals surface area contributed by atoms with Crippen LogP contribution in [0.15, 0.2) is 51.2 Å². The Balaban J connectivity index is 1.71. The van der Waals surface area contributed by atoms with Gasteiger partial charge in [-0.2, -0.15) is 0 Å². The molecule has 1 aromatic heterocycles. The number of fused-ring (bicyclic) bond motifs is 1. The van der Waals surface area contributed by atoms with Crippen LogP contribution in [-0.2, 0) is 15.9 Å². The molecule has 2 fully saturated rings. The van der Waals surface area contributed by atoms with E-state index in [0.29, 0.717) is 0 Å². The molecule has 2 aliphatic rings. The molecule has 3 aromatic rings. The van der Waals surface area contributed by atoms with Gasteiger partial charge < -0.3 is 69.3 Å². The fraction of sp³-hybridized carbons (Fsp3) is 0.469. The second-order valence-electron chi connectivity index (χ2n) is 11.8. The number of phenols is 2. The van der Waals surface area contributed by atoms with Crippen molar-refractivity contribution in [2.24, 2.45) is 0 Å². The highest BCUT2D eigenvalue weighted by Gasteiger charge is 2.46. The first-order chi connectivity index (χ1) is 22.2. The van der Waals surface area contributed by atoms with Gasteiger partial charge in [0.2, 0.25) is 23.8 Å². The van der Waals surface area contributed by atoms with Crippen molar-refractivity contribution < 1.29 is 69.3 Å². The van der Waals surface area contributed by atoms with E-state index in [-0.39, 0.29) is 45.8 Å². The van der Waals surface area contributed by atoms with Gasteiger partial charge in [0.25, 0.3) is 0 Å². The van der Waals surface area contributed by atoms with Crippen LogP contribution in [0.5, 0.6) is 23.0 Å². The molecule has 10 atom stereocenters. The Bertz CT molecular complexity index is 1660. The predicted molar refractivity (Wildman–Crippen MR) is 162 cm³/mol. The second kappa shape index (κ2) is 13.8. The van der Waals surface area contributed by atoms with Gasteiger partial charge in [0.15, 0.2) is 5.76 Å². The molecule has 0 radical (unpaired) electrons. The molecule has 2 aliphatic heterocycles. The van der Waals surface area contributed by atoms with Crippen LogP contribution in [-0.4, -0.2) is 114 Å². The van der Waals surface area contributed by atoms with Gasteiger partial charge in [-0.3, -0.25) is 4.79 Å². The minimum absolute atomic E-state index is 0.0517. The minimum atomic E-state index is -1.79. The highest BCUT2D eigenvalue weighted by atomic mass is 16.7. The van der Waals surface area contributed by atoms with Crippen LogP contribution in [0.3, 0.4) is 0 Å². The molecule has 15 heteroatoms. The maximum atomic E-state index is 14.2. The van der Waals surface area contributed by atoms with Gasteiger partial charge in [0.05, 0.1) is 12.7 Å². The molecule has 256 valence electrons. The van der Waals surface area contributed by atoms with Gasteiger partial charge in [0, 0.05) is 17.2 Å². The lowest BCUT2D eigenvalue weighted by Crippen LogP contribution is -2.60. The number of allylic oxidation sites excluding steroid dienone is 2. The molecular weight excluding hydrogens is 624 g/mol. The van der Waals surface area contributed by atoms with Crippen LogP contribution in [0.25, 0.3) is 22.3 Å². The maximum absolute atomic E-state index is 14.2. The Labute approximate surface area is 267 Å². The Morgan fingerprint density at radius 1 is 0.851 bits per heavy atom. The number of aromatic hydroxyl groups is 2. The summed E-state index contributed by atoms with van der Waals surface area (Å²) in [7, 11) is 0. The van der Waals surface area contributed by atoms with E-state index in [1.807, 2.05) is 13.8 Å². The van der Waals surface area contributed by atoms with Crippen molar-refractivity contribution in [3.63, 3.8) is 0 Å². The molecule has 2 aromatic carbocycles. The number of aliphatic hydroxyl groups excluding tert-OH is 7. The first kappa shape index (κ1) is 34.6. The molecule has 0 aliphatic carbocycles. The van der Waals surface area contributed by atoms with Gasteiger partial charge in [-0.25, -0.2) is 0 Å². The van der Waals surface area contributed by atoms with Crippen molar-refractivity contribution in [3.05, 3.63) is 57.8 Å². The summed E-state index contributed by atoms with van der Waals surface area (Å²) in [6, 6.07) is 6.52. The van der Waals surface area contributed by atoms with Crippen molar-refractivity contribution in [1.82, 2.24) is 0 Å². The lowest BCUT2D eigenvalue weighted by atomic mass is 9.99. The standard InChI is InChI=1S/C32H38O15/c1-12(2)4-9-16-18(44-32-27(42)25(40)22(37)19(11-33)45-32)10-17(35)20-23(38)30(47-31-26(41)24(39)21(36)13(3)43-31)28(46-29(16)20)14-5-7-15(34)8-6-14/h4-8,10,13,19,21-22,24-27,31-37,39-42H,9,11H2,1-3H3. The zero-order valence-electron chi connectivity index (χ0n) is 25.6. The number of ether oxygens (including phenoxy) is 4. The Hall–Kier alpha value is -3.77. The third-order valence-corrected chi connectivity index (χ3v) is 8.14. The summed E-state index contributed by atoms with van der Waals surface area (Å²) in [4.78, 5) is 14.2. The van der Waals surface area contributed by atoms with E-state index in [1.54, 1.807) is 6.08 Å². The molecule has 5 rings (SSSR count). The number of hydrogen-bond donors (Lipinski definition) is 9. The lowest BCUT2D eigenvalue weighted by Gasteiger charge is -2.39. The fourth-order valence-electron chi connectivity index (χ4n) is 5.39. The molecule has 0 amide bonds. The van der Waals surface area contributed by atoms with Crippen LogP contribution in [0.4, 0.5) is 0 Å². The maximum Gasteiger partial charge on any atom is 0.239 e. The fourth-order valence-corrected chi connectivity index (χ4v) is 5.39. The highest BCUT2D eigenvalue weighted by Crippen LogP contribution is 2.41. The van der Waals surface area contributed by atoms with Gasteiger partial charge in [-0.05, 0) is 51.5 Å². The Kier molecular flexibility index (Phi) is 10.1. The van der Waals surface area contributed by atoms with E-state index in [1.165, 1.54) is 31.2 Å². The summed E-state index contributed by atoms with van der Waals surface area (Å²) in [6.45, 7) is 4.34. The minimum Gasteiger partial charge on any atom is -0.508 e. The first-order valence-corrected chi connectivity index (χ1v) is 14.8. The molecule has 3 heterocycles. The van der Waals surface area contributed by atoms with E-state index in [2.05, 4.69) is 0 Å². The molecule has 10 unspecified atom stereocenters. The molecule has 15 nitrogen and oxygen atoms in total. The molecular formula is C32H38O15. The smallest absolute Gasteiger partial charge is 0.239 e. The van der Waals surface area contributed by atoms with Crippen molar-refractivity contribution in [1.29, 1.82) is 0 Å². The van der Waals surface area contributed by atoms with Crippen molar-refractivity contribution in [2.75, 3.05) is 6.61 Å². The van der Waals surface area contributed by atoms with Crippen LogP contribution < -0.4 is 14.9 Å². The molecule has 0 spiro atoms. The average molecular weight is 663 g/mol. The Morgan fingerprint density at radius 2 is 1.47 bits per heavy atom. The number of hydrogen-bond acceptors (Lipinski definition) is 15. The third kappa shape index (κ3) is 6.67. The number of benzene rings is 2. The monoisotopic (exact) mass is 662 g/mol. The van der Waals surface area contributed by atoms with Crippen LogP contribution in [0.1, 0.15) is 26.3 Å². The summed E-state index contributed by atoms with van der Waals surface area (Å²) < 4.78 is 29.0.